The SMILES string of the molecule is COc1cccc(N2C(=O)[C@@H]3[C@@H](C2=O)[C@@H]2[C@@H]4C=C[C@@H]([C@@H]5C(=O)N(c6cccc(OC)c6)C(=O)[C@H]45)[C@H]32)c1. The van der Waals surface area contributed by atoms with Crippen molar-refractivity contribution in [2.45, 2.75) is 0 Å². The zero-order valence-electron chi connectivity index (χ0n) is 19.7. The number of amides is 4. The first-order valence-electron chi connectivity index (χ1n) is 12.2. The highest BCUT2D eigenvalue weighted by Crippen LogP contribution is 2.68. The molecular weight excluding hydrogens is 460 g/mol. The summed E-state index contributed by atoms with van der Waals surface area (Å²) >= 11 is 0. The Kier molecular flexibility index (Phi) is 4.32. The number of hydrogen-bond donors (Lipinski definition) is 0. The van der Waals surface area contributed by atoms with E-state index in [0.717, 1.165) is 0 Å². The molecule has 0 spiro atoms. The molecule has 2 aromatic carbocycles. The van der Waals surface area contributed by atoms with Crippen LogP contribution in [0.1, 0.15) is 0 Å². The predicted molar refractivity (Wildman–Crippen MR) is 128 cm³/mol. The minimum absolute atomic E-state index is 0.125. The minimum atomic E-state index is -0.519. The van der Waals surface area contributed by atoms with E-state index in [1.807, 2.05) is 12.2 Å². The molecule has 2 aromatic rings. The van der Waals surface area contributed by atoms with Crippen LogP contribution in [0, 0.1) is 47.3 Å². The predicted octanol–water partition coefficient (Wildman–Crippen LogP) is 2.68. The van der Waals surface area contributed by atoms with E-state index in [1.54, 1.807) is 48.5 Å². The molecule has 0 unspecified atom stereocenters. The van der Waals surface area contributed by atoms with Gasteiger partial charge >= 0.3 is 0 Å². The molecule has 8 heteroatoms. The first-order valence-corrected chi connectivity index (χ1v) is 12.2. The third-order valence-corrected chi connectivity index (χ3v) is 8.97. The van der Waals surface area contributed by atoms with Gasteiger partial charge in [-0.15, -0.1) is 0 Å². The highest BCUT2D eigenvalue weighted by molar-refractivity contribution is 6.25. The van der Waals surface area contributed by atoms with E-state index < -0.39 is 23.7 Å². The Balaban J connectivity index is 1.24. The van der Waals surface area contributed by atoms with Crippen LogP contribution >= 0.6 is 0 Å². The third kappa shape index (κ3) is 2.49. The lowest BCUT2D eigenvalue weighted by molar-refractivity contribution is -0.166. The Hall–Kier alpha value is -3.94. The second kappa shape index (κ2) is 7.29. The monoisotopic (exact) mass is 484 g/mol. The number of imide groups is 2. The number of carbonyl (C=O) groups excluding carboxylic acids is 4. The summed E-state index contributed by atoms with van der Waals surface area (Å²) in [6.45, 7) is 0. The van der Waals surface area contributed by atoms with Crippen molar-refractivity contribution in [3.05, 3.63) is 60.7 Å². The molecular formula is C28H24N2O6. The lowest BCUT2D eigenvalue weighted by Crippen LogP contribution is -2.63. The van der Waals surface area contributed by atoms with Gasteiger partial charge in [-0.2, -0.15) is 0 Å². The average Bonchev–Trinajstić information content (AvgIpc) is 3.27. The van der Waals surface area contributed by atoms with Crippen LogP contribution in [-0.4, -0.2) is 37.8 Å². The Morgan fingerprint density at radius 3 is 1.36 bits per heavy atom. The van der Waals surface area contributed by atoms with E-state index in [-0.39, 0.29) is 47.3 Å². The number of fused-ring (bicyclic) bond motifs is 1. The fourth-order valence-corrected chi connectivity index (χ4v) is 7.61. The van der Waals surface area contributed by atoms with Crippen LogP contribution in [0.4, 0.5) is 11.4 Å². The molecule has 8 atom stereocenters. The highest BCUT2D eigenvalue weighted by atomic mass is 16.5. The van der Waals surface area contributed by atoms with E-state index in [1.165, 1.54) is 24.0 Å². The number of allylic oxidation sites excluding steroid dienone is 2. The van der Waals surface area contributed by atoms with Crippen LogP contribution in [0.25, 0.3) is 0 Å². The summed E-state index contributed by atoms with van der Waals surface area (Å²) in [6, 6.07) is 13.9. The van der Waals surface area contributed by atoms with Gasteiger partial charge in [0.1, 0.15) is 11.5 Å². The maximum atomic E-state index is 13.7. The van der Waals surface area contributed by atoms with Crippen LogP contribution in [0.15, 0.2) is 60.7 Å². The Bertz CT molecular complexity index is 1330. The molecule has 36 heavy (non-hydrogen) atoms. The second-order valence-electron chi connectivity index (χ2n) is 10.2. The smallest absolute Gasteiger partial charge is 0.238 e. The largest absolute Gasteiger partial charge is 0.497 e. The normalized spacial score (nSPS) is 35.5. The first-order chi connectivity index (χ1) is 17.5. The van der Waals surface area contributed by atoms with Crippen LogP contribution in [-0.2, 0) is 19.2 Å². The summed E-state index contributed by atoms with van der Waals surface area (Å²) in [5.74, 6) is -2.52. The molecule has 8 nitrogen and oxygen atoms in total. The summed E-state index contributed by atoms with van der Waals surface area (Å²) in [6.07, 6.45) is 4.02. The highest BCUT2D eigenvalue weighted by Gasteiger charge is 2.75. The fourth-order valence-electron chi connectivity index (χ4n) is 7.61. The van der Waals surface area contributed by atoms with Gasteiger partial charge in [0.05, 0.1) is 49.3 Å². The van der Waals surface area contributed by atoms with Gasteiger partial charge in [0.2, 0.25) is 23.6 Å². The van der Waals surface area contributed by atoms with Crippen LogP contribution < -0.4 is 19.3 Å². The van der Waals surface area contributed by atoms with Crippen molar-refractivity contribution in [2.75, 3.05) is 24.0 Å². The zero-order chi connectivity index (χ0) is 24.9. The topological polar surface area (TPSA) is 93.2 Å². The molecule has 2 saturated carbocycles. The number of methoxy groups -OCH3 is 2. The minimum Gasteiger partial charge on any atom is -0.497 e. The molecule has 6 aliphatic rings. The Morgan fingerprint density at radius 2 is 0.972 bits per heavy atom. The molecule has 0 aromatic heterocycles. The molecule has 182 valence electrons. The van der Waals surface area contributed by atoms with E-state index in [0.29, 0.717) is 22.9 Å². The maximum Gasteiger partial charge on any atom is 0.238 e. The number of benzene rings is 2. The summed E-state index contributed by atoms with van der Waals surface area (Å²) < 4.78 is 10.6. The van der Waals surface area contributed by atoms with Gasteiger partial charge in [-0.1, -0.05) is 24.3 Å². The summed E-state index contributed by atoms with van der Waals surface area (Å²) in [7, 11) is 3.08. The van der Waals surface area contributed by atoms with Gasteiger partial charge in [-0.3, -0.25) is 19.2 Å². The van der Waals surface area contributed by atoms with Gasteiger partial charge in [-0.05, 0) is 47.9 Å². The van der Waals surface area contributed by atoms with E-state index >= 15 is 0 Å². The molecule has 4 fully saturated rings. The molecule has 0 N–H and O–H groups in total. The summed E-state index contributed by atoms with van der Waals surface area (Å²) in [4.78, 5) is 57.0. The summed E-state index contributed by atoms with van der Waals surface area (Å²) in [5, 5.41) is 0. The summed E-state index contributed by atoms with van der Waals surface area (Å²) in [5.41, 5.74) is 0.981. The Morgan fingerprint density at radius 1 is 0.583 bits per heavy atom. The molecule has 4 aliphatic carbocycles. The Labute approximate surface area is 207 Å². The third-order valence-electron chi connectivity index (χ3n) is 8.97. The van der Waals surface area contributed by atoms with Crippen molar-refractivity contribution in [3.63, 3.8) is 0 Å². The van der Waals surface area contributed by atoms with Gasteiger partial charge < -0.3 is 9.47 Å². The standard InChI is InChI=1S/C28H24N2O6/c1-35-15-7-3-5-13(11-15)29-25(31)21-17-9-10-18(22(21)26(29)32)20-19(17)23-24(20)28(34)30(27(23)33)14-6-4-8-16(12-14)36-2/h3-12,17-24H,1-2H3/t17-,18+,19+,20-,21+,22-,23-,24-/m0/s1. The number of nitrogens with zero attached hydrogens (tertiary/aromatic N) is 2. The average molecular weight is 485 g/mol. The van der Waals surface area contributed by atoms with Gasteiger partial charge in [0.25, 0.3) is 0 Å². The van der Waals surface area contributed by atoms with Crippen LogP contribution in [0.2, 0.25) is 0 Å². The maximum absolute atomic E-state index is 13.7. The molecule has 8 rings (SSSR count). The van der Waals surface area contributed by atoms with Crippen molar-refractivity contribution < 1.29 is 28.7 Å². The van der Waals surface area contributed by atoms with Crippen molar-refractivity contribution in [2.24, 2.45) is 47.3 Å². The van der Waals surface area contributed by atoms with Gasteiger partial charge in [-0.25, -0.2) is 9.80 Å². The number of anilines is 2. The molecule has 2 saturated heterocycles. The van der Waals surface area contributed by atoms with E-state index in [9.17, 15) is 19.2 Å². The number of hydrogen-bond acceptors (Lipinski definition) is 6. The van der Waals surface area contributed by atoms with Crippen LogP contribution in [0.3, 0.4) is 0 Å². The molecule has 2 heterocycles. The van der Waals surface area contributed by atoms with Gasteiger partial charge in [0.15, 0.2) is 0 Å². The van der Waals surface area contributed by atoms with Crippen LogP contribution in [0.5, 0.6) is 11.5 Å². The quantitative estimate of drug-likeness (QED) is 0.489. The van der Waals surface area contributed by atoms with Crippen molar-refractivity contribution in [1.29, 1.82) is 0 Å². The lowest BCUT2D eigenvalue weighted by Gasteiger charge is -2.60. The fraction of sp³-hybridized carbons (Fsp3) is 0.357. The number of ether oxygens (including phenoxy) is 2. The molecule has 2 bridgehead atoms. The second-order valence-corrected chi connectivity index (χ2v) is 10.2. The van der Waals surface area contributed by atoms with E-state index in [2.05, 4.69) is 0 Å². The first kappa shape index (κ1) is 21.4. The van der Waals surface area contributed by atoms with Crippen molar-refractivity contribution in [1.82, 2.24) is 0 Å². The number of rotatable bonds is 4. The molecule has 4 amide bonds. The molecule has 0 radical (unpaired) electrons. The molecule has 2 aliphatic heterocycles. The zero-order valence-corrected chi connectivity index (χ0v) is 19.7. The van der Waals surface area contributed by atoms with Crippen molar-refractivity contribution in [3.8, 4) is 11.5 Å². The van der Waals surface area contributed by atoms with E-state index in [4.69, 9.17) is 9.47 Å². The van der Waals surface area contributed by atoms with Gasteiger partial charge in [0, 0.05) is 12.1 Å². The van der Waals surface area contributed by atoms with Crippen molar-refractivity contribution >= 4 is 35.0 Å². The number of carbonyl (C=O) groups is 4. The lowest BCUT2D eigenvalue weighted by atomic mass is 9.40.